The predicted molar refractivity (Wildman–Crippen MR) is 131 cm³/mol. The second kappa shape index (κ2) is 9.89. The summed E-state index contributed by atoms with van der Waals surface area (Å²) in [6, 6.07) is 1.06. The normalized spacial score (nSPS) is 23.4. The van der Waals surface area contributed by atoms with Gasteiger partial charge >= 0.3 is 5.97 Å². The smallest absolute Gasteiger partial charge is 0.348 e. The second-order valence-electron chi connectivity index (χ2n) is 10.7. The molecule has 0 spiro atoms. The molecule has 1 N–H and O–H groups in total. The van der Waals surface area contributed by atoms with E-state index in [4.69, 9.17) is 0 Å². The number of carboxylic acid groups (broad SMARTS) is 1. The molecule has 7 heteroatoms. The predicted octanol–water partition coefficient (Wildman–Crippen LogP) is 5.01. The number of thiophene rings is 1. The van der Waals surface area contributed by atoms with Crippen molar-refractivity contribution in [1.82, 2.24) is 4.90 Å². The van der Waals surface area contributed by atoms with E-state index in [0.717, 1.165) is 37.0 Å². The van der Waals surface area contributed by atoms with Crippen molar-refractivity contribution in [3.8, 4) is 11.8 Å². The lowest BCUT2D eigenvalue weighted by atomic mass is 9.82. The highest BCUT2D eigenvalue weighted by Crippen LogP contribution is 2.38. The molecule has 0 aromatic carbocycles. The molecule has 2 aliphatic rings. The molecule has 1 aliphatic carbocycles. The number of anilines is 1. The first kappa shape index (κ1) is 25.3. The highest BCUT2D eigenvalue weighted by Gasteiger charge is 2.43. The van der Waals surface area contributed by atoms with Crippen LogP contribution in [0.5, 0.6) is 0 Å². The lowest BCUT2D eigenvalue weighted by Crippen LogP contribution is -2.49. The van der Waals surface area contributed by atoms with E-state index in [1.54, 1.807) is 11.0 Å². The van der Waals surface area contributed by atoms with Gasteiger partial charge in [0.2, 0.25) is 11.8 Å². The number of nitrogens with zero attached hydrogens (tertiary/aromatic N) is 2. The minimum Gasteiger partial charge on any atom is -0.477 e. The summed E-state index contributed by atoms with van der Waals surface area (Å²) in [5.41, 5.74) is 0.0828. The van der Waals surface area contributed by atoms with Crippen LogP contribution in [0.3, 0.4) is 0 Å². The number of rotatable bonds is 5. The van der Waals surface area contributed by atoms with Gasteiger partial charge in [0.05, 0.1) is 10.6 Å². The quantitative estimate of drug-likeness (QED) is 0.611. The van der Waals surface area contributed by atoms with Gasteiger partial charge in [-0.05, 0) is 78.7 Å². The fraction of sp³-hybridized carbons (Fsp3) is 0.654. The average Bonchev–Trinajstić information content (AvgIpc) is 3.31. The summed E-state index contributed by atoms with van der Waals surface area (Å²) < 4.78 is 0. The standard InChI is InChI=1S/C26H36N2O4S/c1-16(2)27-14-12-20(24(27)30)28(23(29)18-9-7-17(3)8-10-18)21-15-19(11-13-26(4,5)6)33-22(21)25(31)32/h15-18,20H,7-10,12,14H2,1-6H3,(H,31,32). The van der Waals surface area contributed by atoms with Gasteiger partial charge in [-0.15, -0.1) is 11.3 Å². The fourth-order valence-electron chi connectivity index (χ4n) is 4.61. The second-order valence-corrected chi connectivity index (χ2v) is 11.8. The van der Waals surface area contributed by atoms with Crippen molar-refractivity contribution in [3.05, 3.63) is 15.8 Å². The van der Waals surface area contributed by atoms with Crippen LogP contribution in [0.2, 0.25) is 0 Å². The molecule has 0 radical (unpaired) electrons. The van der Waals surface area contributed by atoms with Gasteiger partial charge in [-0.1, -0.05) is 18.8 Å². The van der Waals surface area contributed by atoms with Crippen LogP contribution in [0.4, 0.5) is 5.69 Å². The minimum absolute atomic E-state index is 0.0321. The van der Waals surface area contributed by atoms with Crippen LogP contribution in [0, 0.1) is 29.1 Å². The first-order chi connectivity index (χ1) is 15.4. The number of amides is 2. The number of carbonyl (C=O) groups is 3. The van der Waals surface area contributed by atoms with Crippen LogP contribution in [0.25, 0.3) is 0 Å². The molecule has 180 valence electrons. The number of carbonyl (C=O) groups excluding carboxylic acids is 2. The highest BCUT2D eigenvalue weighted by atomic mass is 32.1. The molecule has 33 heavy (non-hydrogen) atoms. The molecule has 2 heterocycles. The molecule has 1 aromatic rings. The molecule has 1 aromatic heterocycles. The van der Waals surface area contributed by atoms with E-state index in [1.807, 2.05) is 34.6 Å². The Morgan fingerprint density at radius 1 is 1.18 bits per heavy atom. The maximum atomic E-state index is 13.8. The van der Waals surface area contributed by atoms with Crippen molar-refractivity contribution >= 4 is 34.8 Å². The van der Waals surface area contributed by atoms with Crippen molar-refractivity contribution in [3.63, 3.8) is 0 Å². The summed E-state index contributed by atoms with van der Waals surface area (Å²) in [6.07, 6.45) is 3.99. The van der Waals surface area contributed by atoms with Crippen LogP contribution in [-0.4, -0.2) is 46.4 Å². The lowest BCUT2D eigenvalue weighted by molar-refractivity contribution is -0.133. The SMILES string of the molecule is CC1CCC(C(=O)N(c2cc(C#CC(C)(C)C)sc2C(=O)O)C2CCN(C(C)C)C2=O)CC1. The Bertz CT molecular complexity index is 971. The molecular weight excluding hydrogens is 436 g/mol. The van der Waals surface area contributed by atoms with Crippen molar-refractivity contribution in [2.24, 2.45) is 17.3 Å². The Kier molecular flexibility index (Phi) is 7.58. The maximum absolute atomic E-state index is 13.8. The molecule has 1 aliphatic heterocycles. The zero-order chi connectivity index (χ0) is 24.5. The summed E-state index contributed by atoms with van der Waals surface area (Å²) >= 11 is 1.08. The van der Waals surface area contributed by atoms with Crippen molar-refractivity contribution < 1.29 is 19.5 Å². The number of aromatic carboxylic acids is 1. The van der Waals surface area contributed by atoms with E-state index in [2.05, 4.69) is 18.8 Å². The van der Waals surface area contributed by atoms with E-state index in [-0.39, 0.29) is 34.1 Å². The number of carboxylic acids is 1. The molecule has 0 bridgehead atoms. The van der Waals surface area contributed by atoms with Gasteiger partial charge < -0.3 is 10.0 Å². The third kappa shape index (κ3) is 5.78. The third-order valence-electron chi connectivity index (χ3n) is 6.48. The molecule has 1 atom stereocenters. The summed E-state index contributed by atoms with van der Waals surface area (Å²) in [6.45, 7) is 12.7. The number of hydrogen-bond acceptors (Lipinski definition) is 4. The molecule has 1 saturated heterocycles. The Morgan fingerprint density at radius 2 is 1.82 bits per heavy atom. The number of likely N-dealkylation sites (tertiary alicyclic amines) is 1. The number of hydrogen-bond donors (Lipinski definition) is 1. The van der Waals surface area contributed by atoms with Crippen molar-refractivity contribution in [2.75, 3.05) is 11.4 Å². The molecular formula is C26H36N2O4S. The van der Waals surface area contributed by atoms with Crippen molar-refractivity contribution in [2.45, 2.75) is 85.7 Å². The summed E-state index contributed by atoms with van der Waals surface area (Å²) in [5.74, 6) is 5.30. The van der Waals surface area contributed by atoms with E-state index in [0.29, 0.717) is 29.4 Å². The van der Waals surface area contributed by atoms with Gasteiger partial charge in [-0.2, -0.15) is 0 Å². The lowest BCUT2D eigenvalue weighted by Gasteiger charge is -2.34. The Balaban J connectivity index is 2.06. The molecule has 2 fully saturated rings. The third-order valence-corrected chi connectivity index (χ3v) is 7.50. The highest BCUT2D eigenvalue weighted by molar-refractivity contribution is 7.15. The van der Waals surface area contributed by atoms with Crippen molar-refractivity contribution in [1.29, 1.82) is 0 Å². The summed E-state index contributed by atoms with van der Waals surface area (Å²) in [4.78, 5) is 43.3. The fourth-order valence-corrected chi connectivity index (χ4v) is 5.45. The van der Waals surface area contributed by atoms with Gasteiger partial charge in [0.1, 0.15) is 10.9 Å². The molecule has 3 rings (SSSR count). The van der Waals surface area contributed by atoms with E-state index >= 15 is 0 Å². The molecule has 1 saturated carbocycles. The topological polar surface area (TPSA) is 77.9 Å². The van der Waals surface area contributed by atoms with Gasteiger partial charge in [-0.3, -0.25) is 14.5 Å². The zero-order valence-corrected chi connectivity index (χ0v) is 21.4. The molecule has 6 nitrogen and oxygen atoms in total. The van der Waals surface area contributed by atoms with Crippen LogP contribution in [-0.2, 0) is 9.59 Å². The van der Waals surface area contributed by atoms with E-state index in [9.17, 15) is 19.5 Å². The van der Waals surface area contributed by atoms with Gasteiger partial charge in [0.25, 0.3) is 0 Å². The molecule has 1 unspecified atom stereocenters. The summed E-state index contributed by atoms with van der Waals surface area (Å²) in [7, 11) is 0. The molecule has 2 amide bonds. The Morgan fingerprint density at radius 3 is 2.33 bits per heavy atom. The first-order valence-electron chi connectivity index (χ1n) is 11.9. The average molecular weight is 473 g/mol. The van der Waals surface area contributed by atoms with E-state index < -0.39 is 12.0 Å². The van der Waals surface area contributed by atoms with Crippen LogP contribution < -0.4 is 4.90 Å². The first-order valence-corrected chi connectivity index (χ1v) is 12.7. The van der Waals surface area contributed by atoms with Gasteiger partial charge in [0, 0.05) is 23.9 Å². The Labute approximate surface area is 201 Å². The maximum Gasteiger partial charge on any atom is 0.348 e. The van der Waals surface area contributed by atoms with Crippen LogP contribution in [0.15, 0.2) is 6.07 Å². The summed E-state index contributed by atoms with van der Waals surface area (Å²) in [5, 5.41) is 9.96. The monoisotopic (exact) mass is 472 g/mol. The Hall–Kier alpha value is -2.33. The minimum atomic E-state index is -1.10. The van der Waals surface area contributed by atoms with E-state index in [1.165, 1.54) is 4.90 Å². The zero-order valence-electron chi connectivity index (χ0n) is 20.6. The largest absolute Gasteiger partial charge is 0.477 e. The van der Waals surface area contributed by atoms with Crippen LogP contribution in [0.1, 0.15) is 88.2 Å². The van der Waals surface area contributed by atoms with Gasteiger partial charge in [0.15, 0.2) is 0 Å². The van der Waals surface area contributed by atoms with Gasteiger partial charge in [-0.25, -0.2) is 4.79 Å². The van der Waals surface area contributed by atoms with Crippen LogP contribution >= 0.6 is 11.3 Å².